The fourth-order valence-corrected chi connectivity index (χ4v) is 2.28. The molecule has 0 spiro atoms. The van der Waals surface area contributed by atoms with Crippen LogP contribution in [0.25, 0.3) is 6.08 Å². The van der Waals surface area contributed by atoms with Crippen LogP contribution in [0.1, 0.15) is 11.1 Å². The topological polar surface area (TPSA) is 110 Å². The van der Waals surface area contributed by atoms with Crippen molar-refractivity contribution < 1.29 is 52.8 Å². The zero-order chi connectivity index (χ0) is 12.7. The number of hydrogen-bond donors (Lipinski definition) is 2. The maximum atomic E-state index is 11.0. The summed E-state index contributed by atoms with van der Waals surface area (Å²) in [6.07, 6.45) is 2.09. The van der Waals surface area contributed by atoms with Crippen molar-refractivity contribution in [1.29, 1.82) is 0 Å². The summed E-state index contributed by atoms with van der Waals surface area (Å²) in [5.41, 5.74) is 0.152. The number of rotatable bonds is 1. The van der Waals surface area contributed by atoms with E-state index >= 15 is 0 Å². The predicted molar refractivity (Wildman–Crippen MR) is 58.4 cm³/mol. The second-order valence-electron chi connectivity index (χ2n) is 3.52. The third-order valence-electron chi connectivity index (χ3n) is 2.53. The van der Waals surface area contributed by atoms with Gasteiger partial charge in [-0.25, -0.2) is 8.42 Å². The van der Waals surface area contributed by atoms with Crippen LogP contribution in [-0.4, -0.2) is 33.9 Å². The van der Waals surface area contributed by atoms with Crippen molar-refractivity contribution >= 4 is 21.9 Å². The van der Waals surface area contributed by atoms with Crippen LogP contribution in [0.3, 0.4) is 0 Å². The molecule has 6 nitrogen and oxygen atoms in total. The maximum Gasteiger partial charge on any atom is 1.00 e. The first-order valence-corrected chi connectivity index (χ1v) is 6.00. The maximum absolute atomic E-state index is 11.0. The summed E-state index contributed by atoms with van der Waals surface area (Å²) in [7, 11) is -5.10. The standard InChI is InChI=1S/C10H9NO5S.Na/c12-10(17(14,15)16)6-5-7-3-1-2-4-8(7)9(10)11-13;/h1-6,12-13H,(H,14,15,16);/q;+1/p-1/b11-9+;. The largest absolute Gasteiger partial charge is 1.00 e. The van der Waals surface area contributed by atoms with Gasteiger partial charge in [-0.1, -0.05) is 35.5 Å². The zero-order valence-corrected chi connectivity index (χ0v) is 12.3. The van der Waals surface area contributed by atoms with Gasteiger partial charge >= 0.3 is 29.6 Å². The molecule has 0 saturated carbocycles. The van der Waals surface area contributed by atoms with Crippen LogP contribution in [0, 0.1) is 0 Å². The molecule has 1 atom stereocenters. The Kier molecular flexibility index (Phi) is 4.37. The minimum atomic E-state index is -5.10. The Morgan fingerprint density at radius 3 is 2.44 bits per heavy atom. The summed E-state index contributed by atoms with van der Waals surface area (Å²) in [4.78, 5) is -2.84. The van der Waals surface area contributed by atoms with Crippen LogP contribution in [-0.2, 0) is 10.1 Å². The fraction of sp³-hybridized carbons (Fsp3) is 0.100. The molecule has 0 bridgehead atoms. The Balaban J connectivity index is 0.00000162. The molecule has 2 rings (SSSR count). The Labute approximate surface area is 126 Å². The van der Waals surface area contributed by atoms with Gasteiger partial charge in [-0.2, -0.15) is 0 Å². The molecule has 0 radical (unpaired) electrons. The van der Waals surface area contributed by atoms with Crippen LogP contribution >= 0.6 is 0 Å². The molecular weight excluding hydrogens is 269 g/mol. The minimum Gasteiger partial charge on any atom is -0.745 e. The van der Waals surface area contributed by atoms with Crippen LogP contribution in [0.2, 0.25) is 0 Å². The van der Waals surface area contributed by atoms with E-state index in [1.165, 1.54) is 12.1 Å². The average molecular weight is 277 g/mol. The van der Waals surface area contributed by atoms with Gasteiger partial charge in [-0.05, 0) is 11.6 Å². The van der Waals surface area contributed by atoms with Crippen molar-refractivity contribution in [3.05, 3.63) is 41.5 Å². The number of benzene rings is 1. The van der Waals surface area contributed by atoms with Gasteiger partial charge in [0, 0.05) is 5.56 Å². The molecule has 2 N–H and O–H groups in total. The van der Waals surface area contributed by atoms with Gasteiger partial charge in [0.1, 0.15) is 15.8 Å². The number of hydrogen-bond acceptors (Lipinski definition) is 6. The molecule has 90 valence electrons. The summed E-state index contributed by atoms with van der Waals surface area (Å²) in [5.74, 6) is 0. The first kappa shape index (κ1) is 15.4. The zero-order valence-electron chi connectivity index (χ0n) is 9.44. The van der Waals surface area contributed by atoms with Crippen molar-refractivity contribution in [3.8, 4) is 0 Å². The van der Waals surface area contributed by atoms with E-state index in [4.69, 9.17) is 5.21 Å². The molecule has 18 heavy (non-hydrogen) atoms. The third kappa shape index (κ3) is 2.25. The Bertz CT molecular complexity index is 625. The van der Waals surface area contributed by atoms with Gasteiger partial charge in [0.15, 0.2) is 0 Å². The molecule has 8 heteroatoms. The second kappa shape index (κ2) is 5.12. The van der Waals surface area contributed by atoms with Crippen molar-refractivity contribution in [1.82, 2.24) is 0 Å². The van der Waals surface area contributed by atoms with Gasteiger partial charge in [0.05, 0.1) is 0 Å². The second-order valence-corrected chi connectivity index (χ2v) is 5.05. The van der Waals surface area contributed by atoms with E-state index in [9.17, 15) is 18.1 Å². The van der Waals surface area contributed by atoms with E-state index in [1.54, 1.807) is 18.2 Å². The number of aliphatic hydroxyl groups is 1. The van der Waals surface area contributed by atoms with Crippen LogP contribution < -0.4 is 29.6 Å². The average Bonchev–Trinajstić information content (AvgIpc) is 2.27. The number of nitrogens with zero attached hydrogens (tertiary/aromatic N) is 1. The molecular formula is C10H8NNaO5S. The van der Waals surface area contributed by atoms with Crippen LogP contribution in [0.15, 0.2) is 35.5 Å². The van der Waals surface area contributed by atoms with E-state index < -0.39 is 20.8 Å². The van der Waals surface area contributed by atoms with E-state index in [0.29, 0.717) is 5.56 Å². The molecule has 1 aliphatic rings. The Hall–Kier alpha value is -0.700. The molecule has 1 aromatic carbocycles. The van der Waals surface area contributed by atoms with E-state index in [1.807, 2.05) is 0 Å². The fourth-order valence-electron chi connectivity index (χ4n) is 1.66. The quantitative estimate of drug-likeness (QED) is 0.248. The molecule has 1 aliphatic carbocycles. The minimum absolute atomic E-state index is 0. The van der Waals surface area contributed by atoms with Crippen LogP contribution in [0.5, 0.6) is 0 Å². The van der Waals surface area contributed by atoms with Gasteiger partial charge in [-0.15, -0.1) is 0 Å². The normalized spacial score (nSPS) is 24.4. The Morgan fingerprint density at radius 1 is 1.28 bits per heavy atom. The van der Waals surface area contributed by atoms with Crippen molar-refractivity contribution in [2.75, 3.05) is 0 Å². The molecule has 0 fully saturated rings. The molecule has 1 unspecified atom stereocenters. The van der Waals surface area contributed by atoms with Gasteiger partial charge < -0.3 is 14.9 Å². The summed E-state index contributed by atoms with van der Waals surface area (Å²) in [6.45, 7) is 0. The van der Waals surface area contributed by atoms with Crippen molar-refractivity contribution in [3.63, 3.8) is 0 Å². The monoisotopic (exact) mass is 277 g/mol. The van der Waals surface area contributed by atoms with Crippen molar-refractivity contribution in [2.24, 2.45) is 5.16 Å². The van der Waals surface area contributed by atoms with Gasteiger partial charge in [-0.3, -0.25) is 0 Å². The van der Waals surface area contributed by atoms with Crippen LogP contribution in [0.4, 0.5) is 0 Å². The first-order chi connectivity index (χ1) is 7.90. The van der Waals surface area contributed by atoms with Crippen molar-refractivity contribution in [2.45, 2.75) is 4.93 Å². The smallest absolute Gasteiger partial charge is 0.745 e. The summed E-state index contributed by atoms with van der Waals surface area (Å²) >= 11 is 0. The van der Waals surface area contributed by atoms with E-state index in [-0.39, 0.29) is 35.1 Å². The molecule has 0 aliphatic heterocycles. The SMILES string of the molecule is O=S(=O)([O-])C1(O)C=Cc2ccccc2/C1=N\O.[Na+]. The summed E-state index contributed by atoms with van der Waals surface area (Å²) in [5, 5.41) is 21.4. The predicted octanol–water partition coefficient (Wildman–Crippen LogP) is -2.87. The van der Waals surface area contributed by atoms with Gasteiger partial charge in [0.2, 0.25) is 4.93 Å². The van der Waals surface area contributed by atoms with Gasteiger partial charge in [0.25, 0.3) is 0 Å². The van der Waals surface area contributed by atoms with E-state index in [2.05, 4.69) is 5.16 Å². The molecule has 1 aromatic rings. The molecule has 0 amide bonds. The summed E-state index contributed by atoms with van der Waals surface area (Å²) in [6, 6.07) is 6.34. The number of oxime groups is 1. The Morgan fingerprint density at radius 2 is 1.89 bits per heavy atom. The summed E-state index contributed by atoms with van der Waals surface area (Å²) < 4.78 is 33.1. The first-order valence-electron chi connectivity index (χ1n) is 4.59. The molecule has 0 heterocycles. The number of fused-ring (bicyclic) bond motifs is 1. The molecule has 0 aromatic heterocycles. The third-order valence-corrected chi connectivity index (χ3v) is 3.62. The van der Waals surface area contributed by atoms with E-state index in [0.717, 1.165) is 6.08 Å². The molecule has 0 saturated heterocycles.